The lowest BCUT2D eigenvalue weighted by Crippen LogP contribution is -2.22. The second-order valence-corrected chi connectivity index (χ2v) is 5.66. The summed E-state index contributed by atoms with van der Waals surface area (Å²) in [6.45, 7) is 6.29. The van der Waals surface area contributed by atoms with Crippen LogP contribution in [0.5, 0.6) is 0 Å². The number of thioether (sulfide) groups is 1. The largest absolute Gasteiger partial charge is 0.465 e. The van der Waals surface area contributed by atoms with E-state index in [0.717, 1.165) is 6.42 Å². The van der Waals surface area contributed by atoms with E-state index in [1.807, 2.05) is 20.8 Å². The fourth-order valence-electron chi connectivity index (χ4n) is 1.17. The lowest BCUT2D eigenvalue weighted by molar-refractivity contribution is -0.144. The van der Waals surface area contributed by atoms with Crippen molar-refractivity contribution in [2.75, 3.05) is 12.4 Å². The fraction of sp³-hybridized carbons (Fsp3) is 0.917. The predicted molar refractivity (Wildman–Crippen MR) is 67.6 cm³/mol. The van der Waals surface area contributed by atoms with Crippen molar-refractivity contribution in [2.45, 2.75) is 51.7 Å². The number of carbonyl (C=O) groups is 1. The highest BCUT2D eigenvalue weighted by Gasteiger charge is 2.20. The molecule has 0 radical (unpaired) electrons. The van der Waals surface area contributed by atoms with Crippen molar-refractivity contribution in [1.29, 1.82) is 0 Å². The van der Waals surface area contributed by atoms with E-state index < -0.39 is 6.43 Å². The highest BCUT2D eigenvalue weighted by Crippen LogP contribution is 2.20. The van der Waals surface area contributed by atoms with Gasteiger partial charge in [0.1, 0.15) is 5.25 Å². The number of hydrogen-bond donors (Lipinski definition) is 0. The molecular formula is C12H22F2O2S. The summed E-state index contributed by atoms with van der Waals surface area (Å²) >= 11 is 1.28. The third-order valence-electron chi connectivity index (χ3n) is 2.03. The van der Waals surface area contributed by atoms with Crippen molar-refractivity contribution in [3.63, 3.8) is 0 Å². The Bertz CT molecular complexity index is 211. The Morgan fingerprint density at radius 3 is 2.41 bits per heavy atom. The van der Waals surface area contributed by atoms with Crippen LogP contribution in [0.3, 0.4) is 0 Å². The Labute approximate surface area is 106 Å². The lowest BCUT2D eigenvalue weighted by Gasteiger charge is -2.15. The molecule has 0 saturated carbocycles. The normalized spacial score (nSPS) is 13.1. The van der Waals surface area contributed by atoms with Gasteiger partial charge in [0.25, 0.3) is 0 Å². The van der Waals surface area contributed by atoms with Crippen molar-refractivity contribution in [1.82, 2.24) is 0 Å². The van der Waals surface area contributed by atoms with Gasteiger partial charge in [-0.3, -0.25) is 4.79 Å². The van der Waals surface area contributed by atoms with Crippen LogP contribution in [0, 0.1) is 5.92 Å². The van der Waals surface area contributed by atoms with Gasteiger partial charge in [-0.15, -0.1) is 11.8 Å². The van der Waals surface area contributed by atoms with Crippen LogP contribution in [0.15, 0.2) is 0 Å². The minimum Gasteiger partial charge on any atom is -0.465 e. The van der Waals surface area contributed by atoms with E-state index in [4.69, 9.17) is 4.74 Å². The summed E-state index contributed by atoms with van der Waals surface area (Å²) < 4.78 is 29.1. The van der Waals surface area contributed by atoms with Crippen LogP contribution in [0.2, 0.25) is 0 Å². The molecule has 1 atom stereocenters. The predicted octanol–water partition coefficient (Wildman–Crippen LogP) is 3.74. The zero-order valence-corrected chi connectivity index (χ0v) is 11.6. The number of hydrogen-bond acceptors (Lipinski definition) is 3. The van der Waals surface area contributed by atoms with E-state index in [9.17, 15) is 13.6 Å². The first-order valence-electron chi connectivity index (χ1n) is 6.03. The third-order valence-corrected chi connectivity index (χ3v) is 3.33. The van der Waals surface area contributed by atoms with Crippen LogP contribution in [0.1, 0.15) is 40.0 Å². The van der Waals surface area contributed by atoms with Gasteiger partial charge < -0.3 is 4.74 Å². The number of esters is 1. The third kappa shape index (κ3) is 9.39. The van der Waals surface area contributed by atoms with Crippen molar-refractivity contribution in [3.8, 4) is 0 Å². The number of halogens is 2. The summed E-state index contributed by atoms with van der Waals surface area (Å²) in [6.07, 6.45) is -0.924. The zero-order valence-electron chi connectivity index (χ0n) is 10.7. The van der Waals surface area contributed by atoms with Gasteiger partial charge in [0.05, 0.1) is 6.61 Å². The molecule has 5 heteroatoms. The van der Waals surface area contributed by atoms with Gasteiger partial charge in [-0.1, -0.05) is 27.2 Å². The van der Waals surface area contributed by atoms with Crippen molar-refractivity contribution in [3.05, 3.63) is 0 Å². The molecule has 17 heavy (non-hydrogen) atoms. The maximum Gasteiger partial charge on any atom is 0.319 e. The molecule has 0 heterocycles. The molecule has 0 fully saturated rings. The number of alkyl halides is 2. The molecule has 0 spiro atoms. The molecule has 0 bridgehead atoms. The van der Waals surface area contributed by atoms with E-state index in [2.05, 4.69) is 0 Å². The number of rotatable bonds is 9. The van der Waals surface area contributed by atoms with Gasteiger partial charge in [-0.2, -0.15) is 0 Å². The smallest absolute Gasteiger partial charge is 0.319 e. The lowest BCUT2D eigenvalue weighted by atomic mass is 10.2. The Balaban J connectivity index is 3.98. The van der Waals surface area contributed by atoms with Crippen molar-refractivity contribution in [2.24, 2.45) is 5.92 Å². The first kappa shape index (κ1) is 16.7. The van der Waals surface area contributed by atoms with Crippen LogP contribution in [-0.2, 0) is 9.53 Å². The molecule has 0 aromatic carbocycles. The number of ether oxygens (including phenoxy) is 1. The van der Waals surface area contributed by atoms with E-state index in [1.54, 1.807) is 0 Å². The molecule has 1 unspecified atom stereocenters. The molecular weight excluding hydrogens is 246 g/mol. The van der Waals surface area contributed by atoms with Crippen LogP contribution in [0.4, 0.5) is 8.78 Å². The first-order valence-corrected chi connectivity index (χ1v) is 7.08. The van der Waals surface area contributed by atoms with Gasteiger partial charge in [0.2, 0.25) is 6.43 Å². The maximum absolute atomic E-state index is 12.0. The molecule has 0 saturated heterocycles. The molecule has 0 amide bonds. The quantitative estimate of drug-likeness (QED) is 0.596. The van der Waals surface area contributed by atoms with Crippen LogP contribution >= 0.6 is 11.8 Å². The van der Waals surface area contributed by atoms with Crippen LogP contribution in [-0.4, -0.2) is 30.0 Å². The van der Waals surface area contributed by atoms with Gasteiger partial charge in [0, 0.05) is 6.42 Å². The van der Waals surface area contributed by atoms with Crippen molar-refractivity contribution >= 4 is 17.7 Å². The summed E-state index contributed by atoms with van der Waals surface area (Å²) in [7, 11) is 0. The summed E-state index contributed by atoms with van der Waals surface area (Å²) in [5.41, 5.74) is 0. The Morgan fingerprint density at radius 1 is 1.29 bits per heavy atom. The molecule has 0 aliphatic rings. The first-order chi connectivity index (χ1) is 7.97. The topological polar surface area (TPSA) is 26.3 Å². The molecule has 0 aliphatic carbocycles. The summed E-state index contributed by atoms with van der Waals surface area (Å²) in [4.78, 5) is 11.7. The van der Waals surface area contributed by atoms with Gasteiger partial charge in [-0.05, 0) is 18.1 Å². The molecule has 102 valence electrons. The van der Waals surface area contributed by atoms with Gasteiger partial charge in [0.15, 0.2) is 0 Å². The van der Waals surface area contributed by atoms with Gasteiger partial charge >= 0.3 is 5.97 Å². The second kappa shape index (κ2) is 9.68. The van der Waals surface area contributed by atoms with Gasteiger partial charge in [-0.25, -0.2) is 8.78 Å². The van der Waals surface area contributed by atoms with Crippen LogP contribution < -0.4 is 0 Å². The number of carbonyl (C=O) groups excluding carboxylic acids is 1. The monoisotopic (exact) mass is 268 g/mol. The maximum atomic E-state index is 12.0. The Morgan fingerprint density at radius 2 is 1.94 bits per heavy atom. The Hall–Kier alpha value is -0.320. The van der Waals surface area contributed by atoms with Crippen LogP contribution in [0.25, 0.3) is 0 Å². The van der Waals surface area contributed by atoms with Crippen molar-refractivity contribution < 1.29 is 18.3 Å². The standard InChI is InChI=1S/C12H22F2O2S/c1-4-5-10(17-7-6-11(13)14)12(15)16-8-9(2)3/h9-11H,4-8H2,1-3H3. The fourth-order valence-corrected chi connectivity index (χ4v) is 2.38. The Kier molecular flexibility index (Phi) is 9.50. The molecule has 0 rings (SSSR count). The second-order valence-electron chi connectivity index (χ2n) is 4.35. The summed E-state index contributed by atoms with van der Waals surface area (Å²) in [6, 6.07) is 0. The molecule has 0 N–H and O–H groups in total. The highest BCUT2D eigenvalue weighted by atomic mass is 32.2. The van der Waals surface area contributed by atoms with E-state index in [-0.39, 0.29) is 17.6 Å². The molecule has 2 nitrogen and oxygen atoms in total. The molecule has 0 aromatic heterocycles. The molecule has 0 aromatic rings. The average Bonchev–Trinajstić information content (AvgIpc) is 2.24. The van der Waals surface area contributed by atoms with E-state index in [0.29, 0.717) is 24.7 Å². The zero-order chi connectivity index (χ0) is 13.3. The van der Waals surface area contributed by atoms with E-state index >= 15 is 0 Å². The summed E-state index contributed by atoms with van der Waals surface area (Å²) in [5.74, 6) is 0.339. The summed E-state index contributed by atoms with van der Waals surface area (Å²) in [5, 5.41) is -0.294. The molecule has 0 aliphatic heterocycles. The minimum atomic E-state index is -2.29. The average molecular weight is 268 g/mol. The highest BCUT2D eigenvalue weighted by molar-refractivity contribution is 8.00. The SMILES string of the molecule is CCCC(SCCC(F)F)C(=O)OCC(C)C. The minimum absolute atomic E-state index is 0.164. The van der Waals surface area contributed by atoms with E-state index in [1.165, 1.54) is 11.8 Å².